The first kappa shape index (κ1) is 11.6. The number of nitrogens with zero attached hydrogens (tertiary/aromatic N) is 4. The number of hydrogen-bond acceptors (Lipinski definition) is 4. The van der Waals surface area contributed by atoms with E-state index < -0.39 is 0 Å². The van der Waals surface area contributed by atoms with Gasteiger partial charge in [0.1, 0.15) is 0 Å². The molecule has 2 heterocycles. The minimum atomic E-state index is -0.368. The summed E-state index contributed by atoms with van der Waals surface area (Å²) < 4.78 is 1.81. The monoisotopic (exact) mass is 245 g/mol. The average Bonchev–Trinajstić information content (AvgIpc) is 2.77. The largest absolute Gasteiger partial charge is 0.319 e. The zero-order chi connectivity index (χ0) is 12.8. The van der Waals surface area contributed by atoms with Gasteiger partial charge in [-0.3, -0.25) is 0 Å². The molecule has 5 nitrogen and oxygen atoms in total. The second-order valence-electron chi connectivity index (χ2n) is 5.61. The van der Waals surface area contributed by atoms with Crippen molar-refractivity contribution < 1.29 is 0 Å². The topological polar surface area (TPSA) is 69.1 Å². The average molecular weight is 245 g/mol. The molecule has 5 heteroatoms. The van der Waals surface area contributed by atoms with E-state index in [-0.39, 0.29) is 5.54 Å². The van der Waals surface area contributed by atoms with Gasteiger partial charge in [-0.25, -0.2) is 0 Å². The van der Waals surface area contributed by atoms with Crippen LogP contribution in [0.5, 0.6) is 0 Å². The maximum absolute atomic E-state index is 6.54. The molecule has 0 bridgehead atoms. The summed E-state index contributed by atoms with van der Waals surface area (Å²) >= 11 is 0. The Morgan fingerprint density at radius 1 is 1.28 bits per heavy atom. The second-order valence-corrected chi connectivity index (χ2v) is 5.61. The van der Waals surface area contributed by atoms with Gasteiger partial charge in [0, 0.05) is 0 Å². The van der Waals surface area contributed by atoms with E-state index in [2.05, 4.69) is 22.2 Å². The zero-order valence-corrected chi connectivity index (χ0v) is 10.9. The summed E-state index contributed by atoms with van der Waals surface area (Å²) in [6, 6.07) is 3.88. The third kappa shape index (κ3) is 1.79. The van der Waals surface area contributed by atoms with Crippen LogP contribution in [0.3, 0.4) is 0 Å². The predicted molar refractivity (Wildman–Crippen MR) is 69.0 cm³/mol. The molecule has 18 heavy (non-hydrogen) atoms. The molecule has 96 valence electrons. The Bertz CT molecular complexity index is 566. The fourth-order valence-electron chi connectivity index (χ4n) is 2.69. The zero-order valence-electron chi connectivity index (χ0n) is 10.9. The van der Waals surface area contributed by atoms with Gasteiger partial charge >= 0.3 is 0 Å². The lowest BCUT2D eigenvalue weighted by Gasteiger charge is -2.34. The molecule has 0 saturated heterocycles. The van der Waals surface area contributed by atoms with E-state index in [4.69, 9.17) is 5.73 Å². The van der Waals surface area contributed by atoms with Crippen LogP contribution in [-0.2, 0) is 5.54 Å². The molecule has 0 radical (unpaired) electrons. The van der Waals surface area contributed by atoms with Crippen LogP contribution in [0.2, 0.25) is 0 Å². The van der Waals surface area contributed by atoms with Gasteiger partial charge in [0.2, 0.25) is 0 Å². The fraction of sp³-hybridized carbons (Fsp3) is 0.615. The van der Waals surface area contributed by atoms with E-state index in [0.29, 0.717) is 0 Å². The Labute approximate surface area is 106 Å². The third-order valence-electron chi connectivity index (χ3n) is 4.01. The van der Waals surface area contributed by atoms with Crippen LogP contribution in [0, 0.1) is 12.8 Å². The van der Waals surface area contributed by atoms with Crippen molar-refractivity contribution in [1.29, 1.82) is 0 Å². The van der Waals surface area contributed by atoms with Gasteiger partial charge in [0.25, 0.3) is 0 Å². The van der Waals surface area contributed by atoms with Crippen LogP contribution < -0.4 is 5.73 Å². The van der Waals surface area contributed by atoms with E-state index in [1.54, 1.807) is 0 Å². The molecule has 2 N–H and O–H groups in total. The molecule has 0 unspecified atom stereocenters. The van der Waals surface area contributed by atoms with Gasteiger partial charge in [-0.2, -0.15) is 9.61 Å². The lowest BCUT2D eigenvalue weighted by molar-refractivity contribution is 0.233. The van der Waals surface area contributed by atoms with Gasteiger partial charge in [0.15, 0.2) is 11.5 Å². The summed E-state index contributed by atoms with van der Waals surface area (Å²) in [5, 5.41) is 12.9. The first-order valence-corrected chi connectivity index (χ1v) is 6.57. The highest BCUT2D eigenvalue weighted by Gasteiger charge is 2.36. The number of fused-ring (bicyclic) bond motifs is 1. The number of aryl methyl sites for hydroxylation is 1. The van der Waals surface area contributed by atoms with Gasteiger partial charge in [-0.05, 0) is 50.7 Å². The number of nitrogens with two attached hydrogens (primary N) is 1. The van der Waals surface area contributed by atoms with Crippen LogP contribution in [0.15, 0.2) is 12.1 Å². The van der Waals surface area contributed by atoms with E-state index in [1.807, 2.05) is 23.6 Å². The summed E-state index contributed by atoms with van der Waals surface area (Å²) in [5.74, 6) is 1.57. The molecule has 0 aliphatic heterocycles. The van der Waals surface area contributed by atoms with Crippen LogP contribution in [0.25, 0.3) is 5.65 Å². The van der Waals surface area contributed by atoms with E-state index in [9.17, 15) is 0 Å². The van der Waals surface area contributed by atoms with E-state index in [0.717, 1.165) is 48.8 Å². The van der Waals surface area contributed by atoms with Gasteiger partial charge in [-0.15, -0.1) is 10.2 Å². The third-order valence-corrected chi connectivity index (χ3v) is 4.01. The van der Waals surface area contributed by atoms with Crippen molar-refractivity contribution in [3.63, 3.8) is 0 Å². The molecule has 0 amide bonds. The SMILES string of the molecule is Cc1ccc2nnc(C3(N)CCC(C)CC3)n2n1. The standard InChI is InChI=1S/C13H19N5/c1-9-5-7-13(14,8-6-9)12-16-15-11-4-3-10(2)17-18(11)12/h3-4,9H,5-8,14H2,1-2H3. The number of aromatic nitrogens is 4. The number of rotatable bonds is 1. The Balaban J connectivity index is 2.06. The van der Waals surface area contributed by atoms with Crippen molar-refractivity contribution in [2.75, 3.05) is 0 Å². The summed E-state index contributed by atoms with van der Waals surface area (Å²) in [6.45, 7) is 4.25. The molecule has 0 aromatic carbocycles. The maximum Gasteiger partial charge on any atom is 0.177 e. The minimum Gasteiger partial charge on any atom is -0.319 e. The molecule has 1 aliphatic carbocycles. The van der Waals surface area contributed by atoms with Crippen LogP contribution in [0.1, 0.15) is 44.1 Å². The molecule has 0 spiro atoms. The fourth-order valence-corrected chi connectivity index (χ4v) is 2.69. The summed E-state index contributed by atoms with van der Waals surface area (Å²) in [7, 11) is 0. The first-order chi connectivity index (χ1) is 8.58. The molecule has 1 aliphatic rings. The summed E-state index contributed by atoms with van der Waals surface area (Å²) in [4.78, 5) is 0. The Hall–Kier alpha value is -1.49. The lowest BCUT2D eigenvalue weighted by atomic mass is 9.77. The maximum atomic E-state index is 6.54. The highest BCUT2D eigenvalue weighted by atomic mass is 15.4. The lowest BCUT2D eigenvalue weighted by Crippen LogP contribution is -2.42. The van der Waals surface area contributed by atoms with Gasteiger partial charge in [-0.1, -0.05) is 6.92 Å². The van der Waals surface area contributed by atoms with Gasteiger partial charge in [0.05, 0.1) is 11.2 Å². The van der Waals surface area contributed by atoms with Crippen molar-refractivity contribution >= 4 is 5.65 Å². The molecule has 1 fully saturated rings. The van der Waals surface area contributed by atoms with Gasteiger partial charge < -0.3 is 5.73 Å². The van der Waals surface area contributed by atoms with Crippen LogP contribution >= 0.6 is 0 Å². The summed E-state index contributed by atoms with van der Waals surface area (Å²) in [6.07, 6.45) is 4.23. The molecule has 2 aromatic rings. The van der Waals surface area contributed by atoms with Crippen molar-refractivity contribution in [2.24, 2.45) is 11.7 Å². The van der Waals surface area contributed by atoms with Crippen molar-refractivity contribution in [3.8, 4) is 0 Å². The van der Waals surface area contributed by atoms with Crippen molar-refractivity contribution in [1.82, 2.24) is 19.8 Å². The van der Waals surface area contributed by atoms with Crippen molar-refractivity contribution in [2.45, 2.75) is 45.1 Å². The summed E-state index contributed by atoms with van der Waals surface area (Å²) in [5.41, 5.74) is 7.90. The van der Waals surface area contributed by atoms with Crippen LogP contribution in [-0.4, -0.2) is 19.8 Å². The molecule has 1 saturated carbocycles. The second kappa shape index (κ2) is 4.02. The highest BCUT2D eigenvalue weighted by Crippen LogP contribution is 2.36. The molecular formula is C13H19N5. The minimum absolute atomic E-state index is 0.368. The number of hydrogen-bond donors (Lipinski definition) is 1. The van der Waals surface area contributed by atoms with E-state index >= 15 is 0 Å². The molecule has 2 aromatic heterocycles. The van der Waals surface area contributed by atoms with E-state index in [1.165, 1.54) is 0 Å². The first-order valence-electron chi connectivity index (χ1n) is 6.57. The quantitative estimate of drug-likeness (QED) is 0.831. The Morgan fingerprint density at radius 2 is 2.00 bits per heavy atom. The molecular weight excluding hydrogens is 226 g/mol. The molecule has 0 atom stereocenters. The molecule has 3 rings (SSSR count). The smallest absolute Gasteiger partial charge is 0.177 e. The van der Waals surface area contributed by atoms with Crippen LogP contribution in [0.4, 0.5) is 0 Å². The predicted octanol–water partition coefficient (Wildman–Crippen LogP) is 1.80. The highest BCUT2D eigenvalue weighted by molar-refractivity contribution is 5.37. The van der Waals surface area contributed by atoms with Crippen molar-refractivity contribution in [3.05, 3.63) is 23.7 Å². The Morgan fingerprint density at radius 3 is 2.72 bits per heavy atom. The normalized spacial score (nSPS) is 28.7. The Kier molecular flexibility index (Phi) is 2.59.